The minimum atomic E-state index is -0.362. The second-order valence-corrected chi connectivity index (χ2v) is 3.30. The lowest BCUT2D eigenvalue weighted by atomic mass is 10.0. The molecule has 1 aliphatic carbocycles. The first kappa shape index (κ1) is 9.08. The molecule has 0 unspecified atom stereocenters. The van der Waals surface area contributed by atoms with Crippen molar-refractivity contribution in [1.82, 2.24) is 5.32 Å². The molecule has 0 heterocycles. The molecular weight excluding hydrogens is 154 g/mol. The number of nitrogens with one attached hydrogen (secondary N) is 1. The monoisotopic (exact) mass is 167 g/mol. The summed E-state index contributed by atoms with van der Waals surface area (Å²) in [5.74, 6) is 1.63. The van der Waals surface area contributed by atoms with Gasteiger partial charge >= 0.3 is 0 Å². The van der Waals surface area contributed by atoms with Crippen molar-refractivity contribution in [3.05, 3.63) is 0 Å². The Morgan fingerprint density at radius 3 is 2.75 bits per heavy atom. The van der Waals surface area contributed by atoms with Crippen molar-refractivity contribution >= 4 is 5.91 Å². The third kappa shape index (κ3) is 2.24. The van der Waals surface area contributed by atoms with Crippen molar-refractivity contribution in [1.29, 1.82) is 0 Å². The van der Waals surface area contributed by atoms with E-state index in [1.54, 1.807) is 0 Å². The molecule has 1 amide bonds. The van der Waals surface area contributed by atoms with E-state index in [9.17, 15) is 4.79 Å². The Balaban J connectivity index is 2.23. The average molecular weight is 167 g/mol. The number of carbonyl (C=O) groups excluding carboxylic acids is 1. The summed E-state index contributed by atoms with van der Waals surface area (Å²) in [7, 11) is 0. The van der Waals surface area contributed by atoms with Crippen molar-refractivity contribution in [3.8, 4) is 12.3 Å². The van der Waals surface area contributed by atoms with E-state index in [-0.39, 0.29) is 17.9 Å². The fourth-order valence-electron chi connectivity index (χ4n) is 1.25. The Kier molecular flexibility index (Phi) is 2.72. The third-order valence-electron chi connectivity index (χ3n) is 2.35. The van der Waals surface area contributed by atoms with E-state index >= 15 is 0 Å². The minimum absolute atomic E-state index is 0.154. The van der Waals surface area contributed by atoms with Gasteiger partial charge in [0.05, 0.1) is 0 Å². The molecule has 0 saturated heterocycles. The lowest BCUT2D eigenvalue weighted by Crippen LogP contribution is -2.29. The van der Waals surface area contributed by atoms with Crippen LogP contribution in [0.5, 0.6) is 0 Å². The van der Waals surface area contributed by atoms with Gasteiger partial charge in [-0.25, -0.2) is 0 Å². The first-order valence-electron chi connectivity index (χ1n) is 4.08. The summed E-state index contributed by atoms with van der Waals surface area (Å²) in [5.41, 5.74) is 0.154. The molecule has 0 bridgehead atoms. The highest BCUT2D eigenvalue weighted by Gasteiger charge is 2.41. The first-order chi connectivity index (χ1) is 5.72. The van der Waals surface area contributed by atoms with E-state index < -0.39 is 0 Å². The van der Waals surface area contributed by atoms with Crippen molar-refractivity contribution in [2.45, 2.75) is 19.3 Å². The second kappa shape index (κ2) is 3.59. The Bertz CT molecular complexity index is 213. The molecule has 0 aromatic carbocycles. The van der Waals surface area contributed by atoms with E-state index in [0.717, 1.165) is 19.3 Å². The van der Waals surface area contributed by atoms with Crippen LogP contribution >= 0.6 is 0 Å². The van der Waals surface area contributed by atoms with Gasteiger partial charge in [0.1, 0.15) is 0 Å². The van der Waals surface area contributed by atoms with Gasteiger partial charge in [0.2, 0.25) is 0 Å². The molecule has 1 rings (SSSR count). The van der Waals surface area contributed by atoms with Crippen LogP contribution in [0.3, 0.4) is 0 Å². The molecule has 1 fully saturated rings. The van der Waals surface area contributed by atoms with Crippen LogP contribution in [0.25, 0.3) is 0 Å². The number of hydrogen-bond acceptors (Lipinski definition) is 2. The van der Waals surface area contributed by atoms with Crippen LogP contribution in [-0.2, 0) is 4.79 Å². The van der Waals surface area contributed by atoms with Crippen molar-refractivity contribution in [3.63, 3.8) is 0 Å². The number of aliphatic hydroxyl groups is 1. The summed E-state index contributed by atoms with van der Waals surface area (Å²) in [4.78, 5) is 10.7. The van der Waals surface area contributed by atoms with Gasteiger partial charge in [-0.3, -0.25) is 4.79 Å². The number of aliphatic hydroxyl groups excluding tert-OH is 1. The summed E-state index contributed by atoms with van der Waals surface area (Å²) in [6.45, 7) is 0.794. The Hall–Kier alpha value is -1.01. The largest absolute Gasteiger partial charge is 0.396 e. The number of rotatable bonds is 4. The van der Waals surface area contributed by atoms with Gasteiger partial charge in [0.15, 0.2) is 0 Å². The van der Waals surface area contributed by atoms with Crippen LogP contribution in [-0.4, -0.2) is 24.2 Å². The van der Waals surface area contributed by atoms with Crippen molar-refractivity contribution in [2.24, 2.45) is 5.41 Å². The van der Waals surface area contributed by atoms with Crippen LogP contribution in [0, 0.1) is 17.8 Å². The second-order valence-electron chi connectivity index (χ2n) is 3.30. The van der Waals surface area contributed by atoms with Crippen molar-refractivity contribution < 1.29 is 9.90 Å². The Morgan fingerprint density at radius 2 is 2.33 bits per heavy atom. The summed E-state index contributed by atoms with van der Waals surface area (Å²) in [6, 6.07) is 0. The van der Waals surface area contributed by atoms with Gasteiger partial charge in [-0.15, -0.1) is 6.42 Å². The van der Waals surface area contributed by atoms with Gasteiger partial charge in [-0.1, -0.05) is 0 Å². The molecule has 0 aromatic heterocycles. The molecular formula is C9H13NO2. The van der Waals surface area contributed by atoms with Crippen LogP contribution in [0.4, 0.5) is 0 Å². The highest BCUT2D eigenvalue weighted by molar-refractivity contribution is 5.92. The molecule has 66 valence electrons. The molecule has 12 heavy (non-hydrogen) atoms. The number of amides is 1. The maximum absolute atomic E-state index is 10.7. The van der Waals surface area contributed by atoms with E-state index in [1.165, 1.54) is 0 Å². The third-order valence-corrected chi connectivity index (χ3v) is 2.35. The molecule has 0 spiro atoms. The van der Waals surface area contributed by atoms with Gasteiger partial charge in [-0.05, 0) is 30.6 Å². The molecule has 3 heteroatoms. The van der Waals surface area contributed by atoms with E-state index in [2.05, 4.69) is 5.32 Å². The first-order valence-corrected chi connectivity index (χ1v) is 4.08. The zero-order valence-corrected chi connectivity index (χ0v) is 6.97. The average Bonchev–Trinajstić information content (AvgIpc) is 2.82. The number of carbonyl (C=O) groups is 1. The van der Waals surface area contributed by atoms with Crippen LogP contribution < -0.4 is 5.32 Å². The summed E-state index contributed by atoms with van der Waals surface area (Å²) in [5, 5.41) is 11.3. The zero-order chi connectivity index (χ0) is 9.03. The minimum Gasteiger partial charge on any atom is -0.396 e. The van der Waals surface area contributed by atoms with Gasteiger partial charge in [-0.2, -0.15) is 0 Å². The Labute approximate surface area is 72.2 Å². The molecule has 0 aliphatic heterocycles. The van der Waals surface area contributed by atoms with E-state index in [4.69, 9.17) is 11.5 Å². The molecule has 3 nitrogen and oxygen atoms in total. The summed E-state index contributed by atoms with van der Waals surface area (Å²) < 4.78 is 0. The molecule has 0 atom stereocenters. The molecule has 2 N–H and O–H groups in total. The lowest BCUT2D eigenvalue weighted by Gasteiger charge is -2.12. The van der Waals surface area contributed by atoms with E-state index in [1.807, 2.05) is 5.92 Å². The quantitative estimate of drug-likeness (QED) is 0.574. The molecule has 0 aromatic rings. The van der Waals surface area contributed by atoms with Crippen LogP contribution in [0.15, 0.2) is 0 Å². The zero-order valence-electron chi connectivity index (χ0n) is 6.97. The Morgan fingerprint density at radius 1 is 1.67 bits per heavy atom. The molecule has 0 radical (unpaired) electrons. The number of hydrogen-bond donors (Lipinski definition) is 2. The van der Waals surface area contributed by atoms with Gasteiger partial charge < -0.3 is 10.4 Å². The summed E-state index contributed by atoms with van der Waals surface area (Å²) >= 11 is 0. The fourth-order valence-corrected chi connectivity index (χ4v) is 1.25. The topological polar surface area (TPSA) is 49.3 Å². The maximum Gasteiger partial charge on any atom is 0.295 e. The predicted molar refractivity (Wildman–Crippen MR) is 45.2 cm³/mol. The standard InChI is InChI=1S/C9H13NO2/c1-2-8(12)10-7-9(3-4-9)5-6-11/h1,11H,3-7H2,(H,10,12). The highest BCUT2D eigenvalue weighted by atomic mass is 16.3. The molecule has 1 aliphatic rings. The highest BCUT2D eigenvalue weighted by Crippen LogP contribution is 2.47. The summed E-state index contributed by atoms with van der Waals surface area (Å²) in [6.07, 6.45) is 7.81. The normalized spacial score (nSPS) is 18.0. The predicted octanol–water partition coefficient (Wildman–Crippen LogP) is -0.102. The van der Waals surface area contributed by atoms with Crippen molar-refractivity contribution in [2.75, 3.05) is 13.2 Å². The van der Waals surface area contributed by atoms with Crippen LogP contribution in [0.1, 0.15) is 19.3 Å². The van der Waals surface area contributed by atoms with E-state index in [0.29, 0.717) is 6.54 Å². The SMILES string of the molecule is C#CC(=O)NCC1(CCO)CC1. The smallest absolute Gasteiger partial charge is 0.295 e. The lowest BCUT2D eigenvalue weighted by molar-refractivity contribution is -0.115. The van der Waals surface area contributed by atoms with Gasteiger partial charge in [0.25, 0.3) is 5.91 Å². The number of terminal acetylenes is 1. The van der Waals surface area contributed by atoms with Gasteiger partial charge in [0, 0.05) is 13.2 Å². The fraction of sp³-hybridized carbons (Fsp3) is 0.667. The maximum atomic E-state index is 10.7. The van der Waals surface area contributed by atoms with Crippen LogP contribution in [0.2, 0.25) is 0 Å². The molecule has 1 saturated carbocycles.